The van der Waals surface area contributed by atoms with Crippen LogP contribution in [0.2, 0.25) is 0 Å². The van der Waals surface area contributed by atoms with Crippen LogP contribution in [0.3, 0.4) is 0 Å². The van der Waals surface area contributed by atoms with Gasteiger partial charge < -0.3 is 24.7 Å². The Morgan fingerprint density at radius 3 is 2.30 bits per heavy atom. The summed E-state index contributed by atoms with van der Waals surface area (Å²) in [6, 6.07) is 5.84. The second-order valence-electron chi connectivity index (χ2n) is 13.5. The molecule has 1 amide bonds. The Labute approximate surface area is 261 Å². The highest BCUT2D eigenvalue weighted by molar-refractivity contribution is 5.97. The van der Waals surface area contributed by atoms with Crippen LogP contribution in [0.15, 0.2) is 41.0 Å². The first-order valence-corrected chi connectivity index (χ1v) is 15.8. The summed E-state index contributed by atoms with van der Waals surface area (Å²) >= 11 is 0. The molecular weight excluding hydrogens is 556 g/mol. The predicted molar refractivity (Wildman–Crippen MR) is 168 cm³/mol. The van der Waals surface area contributed by atoms with Gasteiger partial charge in [0.2, 0.25) is 5.75 Å². The fourth-order valence-electron chi connectivity index (χ4n) is 9.49. The average Bonchev–Trinajstić information content (AvgIpc) is 3.35. The minimum Gasteiger partial charge on any atom is -0.493 e. The van der Waals surface area contributed by atoms with Gasteiger partial charge in [-0.25, -0.2) is 0 Å². The molecule has 0 unspecified atom stereocenters. The number of esters is 1. The van der Waals surface area contributed by atoms with Crippen molar-refractivity contribution in [1.29, 1.82) is 5.26 Å². The standard InChI is InChI=1S/C36H46N2O6/c1-21(39)44-24-13-15-35(2)23(19-24)8-10-26-29-12-11-28(36(29,3)16-14-30(26)35)25(27(20-37)34(38)40)9-7-22-17-31(41-4)33(43-6)32(18-22)42-5/h7-9,17-18,24,26,28-30H,10-16,19H2,1-6H3,(H2,38,40)/b9-7+,27-25+/t24-,26-,28+,29-,30-,35-,36+/m0/s1. The molecule has 1 aromatic carbocycles. The monoisotopic (exact) mass is 602 g/mol. The minimum absolute atomic E-state index is 0.0172. The van der Waals surface area contributed by atoms with Crippen LogP contribution in [0.1, 0.15) is 77.7 Å². The van der Waals surface area contributed by atoms with E-state index in [0.717, 1.165) is 62.5 Å². The first kappa shape index (κ1) is 31.7. The SMILES string of the molecule is COc1cc(/C=C/C(=C(/C#N)C(N)=O)[C@H]2CC[C@H]3[C@@H]4CC=C5C[C@@H](OC(C)=O)CC[C@]5(C)[C@H]4CC[C@]23C)cc(OC)c1OC. The highest BCUT2D eigenvalue weighted by Gasteiger charge is 2.59. The molecule has 0 aromatic heterocycles. The molecule has 0 spiro atoms. The van der Waals surface area contributed by atoms with Crippen molar-refractivity contribution in [3.05, 3.63) is 46.6 Å². The zero-order chi connectivity index (χ0) is 31.8. The number of allylic oxidation sites excluding steroid dienone is 3. The average molecular weight is 603 g/mol. The third kappa shape index (κ3) is 5.39. The smallest absolute Gasteiger partial charge is 0.302 e. The summed E-state index contributed by atoms with van der Waals surface area (Å²) in [4.78, 5) is 24.3. The number of primary amides is 1. The van der Waals surface area contributed by atoms with Crippen LogP contribution in [-0.2, 0) is 14.3 Å². The summed E-state index contributed by atoms with van der Waals surface area (Å²) in [6.45, 7) is 6.30. The van der Waals surface area contributed by atoms with Gasteiger partial charge in [-0.2, -0.15) is 5.26 Å². The molecule has 4 aliphatic carbocycles. The molecule has 7 atom stereocenters. The fraction of sp³-hybridized carbons (Fsp3) is 0.583. The number of ether oxygens (including phenoxy) is 4. The zero-order valence-corrected chi connectivity index (χ0v) is 26.9. The maximum atomic E-state index is 12.6. The Balaban J connectivity index is 1.47. The number of benzene rings is 1. The van der Waals surface area contributed by atoms with Gasteiger partial charge in [0, 0.05) is 13.3 Å². The van der Waals surface area contributed by atoms with Gasteiger partial charge in [0.1, 0.15) is 17.7 Å². The first-order chi connectivity index (χ1) is 21.0. The number of nitrogens with zero attached hydrogens (tertiary/aromatic N) is 1. The van der Waals surface area contributed by atoms with E-state index in [4.69, 9.17) is 24.7 Å². The van der Waals surface area contributed by atoms with Crippen LogP contribution < -0.4 is 19.9 Å². The number of carbonyl (C=O) groups excluding carboxylic acids is 2. The van der Waals surface area contributed by atoms with Gasteiger partial charge in [-0.15, -0.1) is 0 Å². The summed E-state index contributed by atoms with van der Waals surface area (Å²) in [5.74, 6) is 2.28. The Hall–Kier alpha value is -3.73. The van der Waals surface area contributed by atoms with Gasteiger partial charge in [0.15, 0.2) is 11.5 Å². The third-order valence-corrected chi connectivity index (χ3v) is 11.6. The molecule has 8 heteroatoms. The number of amides is 1. The number of rotatable bonds is 8. The minimum atomic E-state index is -0.694. The Bertz CT molecular complexity index is 1430. The van der Waals surface area contributed by atoms with Crippen molar-refractivity contribution < 1.29 is 28.5 Å². The van der Waals surface area contributed by atoms with Gasteiger partial charge in [-0.05, 0) is 103 Å². The summed E-state index contributed by atoms with van der Waals surface area (Å²) in [6.07, 6.45) is 14.1. The Kier molecular flexibility index (Phi) is 8.89. The van der Waals surface area contributed by atoms with Gasteiger partial charge in [0.05, 0.1) is 21.3 Å². The molecule has 3 saturated carbocycles. The molecule has 0 saturated heterocycles. The van der Waals surface area contributed by atoms with Crippen LogP contribution >= 0.6 is 0 Å². The molecule has 5 rings (SSSR count). The molecule has 1 aromatic rings. The fourth-order valence-corrected chi connectivity index (χ4v) is 9.49. The van der Waals surface area contributed by atoms with E-state index in [9.17, 15) is 14.9 Å². The van der Waals surface area contributed by atoms with Crippen LogP contribution in [0.25, 0.3) is 6.08 Å². The number of hydrogen-bond donors (Lipinski definition) is 1. The number of nitrogens with two attached hydrogens (primary N) is 1. The van der Waals surface area contributed by atoms with Crippen LogP contribution in [0.4, 0.5) is 0 Å². The molecule has 4 aliphatic rings. The molecule has 236 valence electrons. The molecule has 8 nitrogen and oxygen atoms in total. The lowest BCUT2D eigenvalue weighted by atomic mass is 9.47. The Morgan fingerprint density at radius 2 is 1.70 bits per heavy atom. The topological polar surface area (TPSA) is 121 Å². The van der Waals surface area contributed by atoms with E-state index >= 15 is 0 Å². The van der Waals surface area contributed by atoms with Gasteiger partial charge >= 0.3 is 5.97 Å². The highest BCUT2D eigenvalue weighted by atomic mass is 16.5. The van der Waals surface area contributed by atoms with Crippen LogP contribution in [0, 0.1) is 45.8 Å². The van der Waals surface area contributed by atoms with E-state index in [2.05, 4.69) is 26.0 Å². The molecule has 0 bridgehead atoms. The lowest BCUT2D eigenvalue weighted by molar-refractivity contribution is -0.148. The molecule has 0 heterocycles. The predicted octanol–water partition coefficient (Wildman–Crippen LogP) is 6.54. The second-order valence-corrected chi connectivity index (χ2v) is 13.5. The van der Waals surface area contributed by atoms with Crippen molar-refractivity contribution >= 4 is 18.0 Å². The summed E-state index contributed by atoms with van der Waals surface area (Å²) in [5.41, 5.74) is 8.88. The zero-order valence-electron chi connectivity index (χ0n) is 26.9. The van der Waals surface area contributed by atoms with E-state index < -0.39 is 5.91 Å². The molecule has 44 heavy (non-hydrogen) atoms. The normalized spacial score (nSPS) is 33.1. The van der Waals surface area contributed by atoms with Crippen LogP contribution in [-0.4, -0.2) is 39.3 Å². The summed E-state index contributed by atoms with van der Waals surface area (Å²) in [5, 5.41) is 10.1. The van der Waals surface area contributed by atoms with Crippen molar-refractivity contribution in [3.8, 4) is 23.3 Å². The number of carbonyl (C=O) groups is 2. The second kappa shape index (κ2) is 12.3. The maximum absolute atomic E-state index is 12.6. The number of methoxy groups -OCH3 is 3. The summed E-state index contributed by atoms with van der Waals surface area (Å²) in [7, 11) is 4.70. The van der Waals surface area contributed by atoms with Crippen LogP contribution in [0.5, 0.6) is 17.2 Å². The number of hydrogen-bond acceptors (Lipinski definition) is 7. The number of nitriles is 1. The van der Waals surface area contributed by atoms with E-state index in [-0.39, 0.29) is 34.4 Å². The summed E-state index contributed by atoms with van der Waals surface area (Å²) < 4.78 is 22.2. The van der Waals surface area contributed by atoms with E-state index in [1.54, 1.807) is 21.3 Å². The largest absolute Gasteiger partial charge is 0.493 e. The van der Waals surface area contributed by atoms with Gasteiger partial charge in [-0.3, -0.25) is 9.59 Å². The van der Waals surface area contributed by atoms with Crippen molar-refractivity contribution in [1.82, 2.24) is 0 Å². The van der Waals surface area contributed by atoms with Crippen molar-refractivity contribution in [2.24, 2.45) is 40.2 Å². The lowest BCUT2D eigenvalue weighted by Crippen LogP contribution is -2.50. The molecule has 3 fully saturated rings. The third-order valence-electron chi connectivity index (χ3n) is 11.6. The van der Waals surface area contributed by atoms with Gasteiger partial charge in [-0.1, -0.05) is 37.6 Å². The quantitative estimate of drug-likeness (QED) is 0.118. The van der Waals surface area contributed by atoms with Crippen molar-refractivity contribution in [2.75, 3.05) is 21.3 Å². The molecule has 0 radical (unpaired) electrons. The lowest BCUT2D eigenvalue weighted by Gasteiger charge is -2.58. The maximum Gasteiger partial charge on any atom is 0.302 e. The van der Waals surface area contributed by atoms with Crippen molar-refractivity contribution in [2.45, 2.75) is 78.2 Å². The molecule has 0 aliphatic heterocycles. The molecular formula is C36H46N2O6. The van der Waals surface area contributed by atoms with Gasteiger partial charge in [0.25, 0.3) is 5.91 Å². The van der Waals surface area contributed by atoms with Crippen molar-refractivity contribution in [3.63, 3.8) is 0 Å². The molecule has 2 N–H and O–H groups in total. The van der Waals surface area contributed by atoms with E-state index in [0.29, 0.717) is 35.0 Å². The highest BCUT2D eigenvalue weighted by Crippen LogP contribution is 2.67. The number of fused-ring (bicyclic) bond motifs is 5. The first-order valence-electron chi connectivity index (χ1n) is 15.8. The van der Waals surface area contributed by atoms with E-state index in [1.165, 1.54) is 12.5 Å². The Morgan fingerprint density at radius 1 is 1.00 bits per heavy atom. The van der Waals surface area contributed by atoms with E-state index in [1.807, 2.05) is 24.3 Å².